The van der Waals surface area contributed by atoms with Gasteiger partial charge >= 0.3 is 5.97 Å². The van der Waals surface area contributed by atoms with E-state index in [9.17, 15) is 4.79 Å². The number of carbonyl (C=O) groups is 1. The molecule has 4 rings (SSSR count). The lowest BCUT2D eigenvalue weighted by Crippen LogP contribution is -2.05. The summed E-state index contributed by atoms with van der Waals surface area (Å²) < 4.78 is 17.9. The summed E-state index contributed by atoms with van der Waals surface area (Å²) in [4.78, 5) is 16.2. The maximum absolute atomic E-state index is 11.3. The van der Waals surface area contributed by atoms with Crippen LogP contribution in [0, 0.1) is 0 Å². The van der Waals surface area contributed by atoms with E-state index in [1.807, 2.05) is 66.7 Å². The highest BCUT2D eigenvalue weighted by atomic mass is 16.5. The molecule has 3 aromatic carbocycles. The number of anilines is 1. The van der Waals surface area contributed by atoms with E-state index in [0.717, 1.165) is 33.9 Å². The van der Waals surface area contributed by atoms with Crippen LogP contribution in [0.15, 0.2) is 66.7 Å². The number of ether oxygens (including phenoxy) is 3. The van der Waals surface area contributed by atoms with Gasteiger partial charge in [0.05, 0.1) is 37.5 Å². The fourth-order valence-corrected chi connectivity index (χ4v) is 3.52. The van der Waals surface area contributed by atoms with Gasteiger partial charge in [-0.15, -0.1) is 0 Å². The minimum atomic E-state index is -0.262. The third kappa shape index (κ3) is 4.37. The van der Waals surface area contributed by atoms with Crippen LogP contribution in [0.2, 0.25) is 0 Å². The normalized spacial score (nSPS) is 10.8. The van der Waals surface area contributed by atoms with Gasteiger partial charge in [-0.05, 0) is 36.8 Å². The summed E-state index contributed by atoms with van der Waals surface area (Å²) in [5, 5.41) is 0. The Morgan fingerprint density at radius 1 is 1.03 bits per heavy atom. The number of nitrogen functional groups attached to an aromatic ring is 1. The number of imidazole rings is 1. The first-order valence-corrected chi connectivity index (χ1v) is 10.3. The average Bonchev–Trinajstić information content (AvgIpc) is 3.20. The second-order valence-corrected chi connectivity index (χ2v) is 7.24. The van der Waals surface area contributed by atoms with Crippen LogP contribution in [0.1, 0.15) is 12.8 Å². The van der Waals surface area contributed by atoms with E-state index in [1.165, 1.54) is 7.11 Å². The minimum absolute atomic E-state index is 0.262. The molecule has 2 N–H and O–H groups in total. The van der Waals surface area contributed by atoms with E-state index in [-0.39, 0.29) is 5.97 Å². The van der Waals surface area contributed by atoms with E-state index in [0.29, 0.717) is 30.9 Å². The molecule has 0 saturated carbocycles. The van der Waals surface area contributed by atoms with E-state index in [2.05, 4.69) is 9.30 Å². The molecule has 0 atom stereocenters. The molecule has 7 heteroatoms. The fraction of sp³-hybridized carbons (Fsp3) is 0.200. The zero-order valence-electron chi connectivity index (χ0n) is 18.1. The first-order valence-electron chi connectivity index (χ1n) is 10.3. The van der Waals surface area contributed by atoms with Crippen molar-refractivity contribution in [2.45, 2.75) is 12.8 Å². The van der Waals surface area contributed by atoms with Crippen molar-refractivity contribution in [2.75, 3.05) is 26.6 Å². The summed E-state index contributed by atoms with van der Waals surface area (Å²) in [5.74, 6) is 1.87. The predicted octanol–water partition coefficient (Wildman–Crippen LogP) is 4.62. The van der Waals surface area contributed by atoms with Crippen molar-refractivity contribution in [3.63, 3.8) is 0 Å². The number of nitrogens with zero attached hydrogens (tertiary/aromatic N) is 2. The van der Waals surface area contributed by atoms with Gasteiger partial charge in [-0.25, -0.2) is 4.98 Å². The summed E-state index contributed by atoms with van der Waals surface area (Å²) in [6, 6.07) is 21.5. The molecule has 0 aliphatic carbocycles. The van der Waals surface area contributed by atoms with Crippen LogP contribution in [0.25, 0.3) is 28.1 Å². The molecule has 164 valence electrons. The summed E-state index contributed by atoms with van der Waals surface area (Å²) in [5.41, 5.74) is 10.3. The number of rotatable bonds is 8. The number of fused-ring (bicyclic) bond motifs is 1. The van der Waals surface area contributed by atoms with E-state index in [4.69, 9.17) is 20.2 Å². The maximum atomic E-state index is 11.3. The van der Waals surface area contributed by atoms with Crippen molar-refractivity contribution < 1.29 is 19.0 Å². The number of hydrogen-bond donors (Lipinski definition) is 1. The quantitative estimate of drug-likeness (QED) is 0.249. The van der Waals surface area contributed by atoms with E-state index in [1.54, 1.807) is 7.11 Å². The van der Waals surface area contributed by atoms with Gasteiger partial charge < -0.3 is 19.9 Å². The van der Waals surface area contributed by atoms with Crippen molar-refractivity contribution in [2.24, 2.45) is 0 Å². The van der Waals surface area contributed by atoms with Gasteiger partial charge in [0, 0.05) is 23.7 Å². The van der Waals surface area contributed by atoms with Crippen LogP contribution in [-0.2, 0) is 9.53 Å². The van der Waals surface area contributed by atoms with Gasteiger partial charge in [0.15, 0.2) is 0 Å². The number of hydrogen-bond acceptors (Lipinski definition) is 6. The van der Waals surface area contributed by atoms with Gasteiger partial charge in [-0.1, -0.05) is 30.3 Å². The van der Waals surface area contributed by atoms with Crippen LogP contribution in [0.5, 0.6) is 11.5 Å². The number of benzene rings is 3. The minimum Gasteiger partial charge on any atom is -0.497 e. The topological polar surface area (TPSA) is 88.6 Å². The third-order valence-electron chi connectivity index (χ3n) is 5.16. The second-order valence-electron chi connectivity index (χ2n) is 7.24. The molecule has 7 nitrogen and oxygen atoms in total. The molecule has 4 aromatic rings. The number of aromatic nitrogens is 2. The molecule has 0 saturated heterocycles. The van der Waals surface area contributed by atoms with Crippen molar-refractivity contribution >= 4 is 22.7 Å². The van der Waals surface area contributed by atoms with Crippen molar-refractivity contribution in [1.29, 1.82) is 0 Å². The Hall–Kier alpha value is -4.00. The van der Waals surface area contributed by atoms with Gasteiger partial charge in [0.1, 0.15) is 17.3 Å². The number of esters is 1. The fourth-order valence-electron chi connectivity index (χ4n) is 3.52. The highest BCUT2D eigenvalue weighted by Gasteiger charge is 2.17. The van der Waals surface area contributed by atoms with E-state index >= 15 is 0 Å². The number of methoxy groups -OCH3 is 2. The molecule has 0 spiro atoms. The largest absolute Gasteiger partial charge is 0.497 e. The van der Waals surface area contributed by atoms with Gasteiger partial charge in [0.25, 0.3) is 0 Å². The first kappa shape index (κ1) is 21.2. The summed E-state index contributed by atoms with van der Waals surface area (Å²) >= 11 is 0. The van der Waals surface area contributed by atoms with Gasteiger partial charge in [-0.3, -0.25) is 9.36 Å². The summed E-state index contributed by atoms with van der Waals surface area (Å²) in [6.45, 7) is 0.354. The van der Waals surface area contributed by atoms with Crippen LogP contribution in [0.3, 0.4) is 0 Å². The molecule has 0 radical (unpaired) electrons. The molecule has 0 amide bonds. The zero-order chi connectivity index (χ0) is 22.5. The second kappa shape index (κ2) is 9.43. The number of carbonyl (C=O) groups excluding carboxylic acids is 1. The van der Waals surface area contributed by atoms with Gasteiger partial charge in [0.2, 0.25) is 0 Å². The van der Waals surface area contributed by atoms with Crippen LogP contribution in [-0.4, -0.2) is 36.3 Å². The molecule has 32 heavy (non-hydrogen) atoms. The highest BCUT2D eigenvalue weighted by molar-refractivity contribution is 5.88. The Morgan fingerprint density at radius 3 is 2.47 bits per heavy atom. The Balaban J connectivity index is 1.77. The molecule has 0 aliphatic heterocycles. The van der Waals surface area contributed by atoms with Crippen molar-refractivity contribution in [3.8, 4) is 28.6 Å². The zero-order valence-corrected chi connectivity index (χ0v) is 18.1. The Morgan fingerprint density at radius 2 is 1.78 bits per heavy atom. The van der Waals surface area contributed by atoms with Crippen molar-refractivity contribution in [3.05, 3.63) is 66.7 Å². The third-order valence-corrected chi connectivity index (χ3v) is 5.16. The predicted molar refractivity (Wildman–Crippen MR) is 124 cm³/mol. The highest BCUT2D eigenvalue weighted by Crippen LogP contribution is 2.34. The lowest BCUT2D eigenvalue weighted by Gasteiger charge is -2.12. The van der Waals surface area contributed by atoms with Crippen LogP contribution in [0.4, 0.5) is 5.69 Å². The first-order chi connectivity index (χ1) is 15.6. The van der Waals surface area contributed by atoms with Crippen LogP contribution < -0.4 is 15.2 Å². The molecule has 0 bridgehead atoms. The molecular weight excluding hydrogens is 406 g/mol. The van der Waals surface area contributed by atoms with Gasteiger partial charge in [-0.2, -0.15) is 0 Å². The lowest BCUT2D eigenvalue weighted by molar-refractivity contribution is -0.140. The standard InChI is InChI=1S/C25H25N3O4/c1-30-19-12-10-18(11-13-19)28-22-16-23(32-14-6-9-24(29)31-2)20(26)15-21(22)27-25(28)17-7-4-3-5-8-17/h3-5,7-8,10-13,15-16H,6,9,14,26H2,1-2H3. The summed E-state index contributed by atoms with van der Waals surface area (Å²) in [6.07, 6.45) is 0.831. The Labute approximate surface area is 186 Å². The smallest absolute Gasteiger partial charge is 0.305 e. The SMILES string of the molecule is COC(=O)CCCOc1cc2c(cc1N)nc(-c1ccccc1)n2-c1ccc(OC)cc1. The average molecular weight is 431 g/mol. The molecule has 0 fully saturated rings. The Bertz CT molecular complexity index is 1220. The Kier molecular flexibility index (Phi) is 6.26. The monoisotopic (exact) mass is 431 g/mol. The van der Waals surface area contributed by atoms with Crippen LogP contribution >= 0.6 is 0 Å². The lowest BCUT2D eigenvalue weighted by atomic mass is 10.2. The summed E-state index contributed by atoms with van der Waals surface area (Å²) in [7, 11) is 3.02. The molecule has 0 aliphatic rings. The van der Waals surface area contributed by atoms with E-state index < -0.39 is 0 Å². The molecule has 0 unspecified atom stereocenters. The molecule has 1 aromatic heterocycles. The number of nitrogens with two attached hydrogens (primary N) is 1. The molecule has 1 heterocycles. The van der Waals surface area contributed by atoms with Crippen molar-refractivity contribution in [1.82, 2.24) is 9.55 Å². The maximum Gasteiger partial charge on any atom is 0.305 e. The molecular formula is C25H25N3O4.